The Bertz CT molecular complexity index is 3150. The Morgan fingerprint density at radius 3 is 2.05 bits per heavy atom. The molecule has 310 valence electrons. The number of hydrogen-bond donors (Lipinski definition) is 0. The van der Waals surface area contributed by atoms with E-state index in [1.807, 2.05) is 6.20 Å². The number of ether oxygens (including phenoxy) is 1. The summed E-state index contributed by atoms with van der Waals surface area (Å²) >= 11 is 0. The fourth-order valence-electron chi connectivity index (χ4n) is 9.40. The van der Waals surface area contributed by atoms with Crippen LogP contribution in [-0.4, -0.2) is 19.1 Å². The summed E-state index contributed by atoms with van der Waals surface area (Å²) in [5.74, 6) is 4.49. The monoisotopic (exact) mass is 813 g/mol. The lowest BCUT2D eigenvalue weighted by Crippen LogP contribution is -2.26. The van der Waals surface area contributed by atoms with Crippen LogP contribution in [0.4, 0.5) is 11.4 Å². The molecule has 0 saturated heterocycles. The van der Waals surface area contributed by atoms with Crippen molar-refractivity contribution in [1.82, 2.24) is 19.1 Å². The number of fused-ring (bicyclic) bond motifs is 8. The molecule has 0 atom stereocenters. The van der Waals surface area contributed by atoms with E-state index in [2.05, 4.69) is 210 Å². The largest absolute Gasteiger partial charge is 0.457 e. The van der Waals surface area contributed by atoms with Crippen molar-refractivity contribution in [3.63, 3.8) is 0 Å². The molecule has 3 aromatic heterocycles. The normalized spacial score (nSPS) is 12.9. The van der Waals surface area contributed by atoms with Crippen molar-refractivity contribution in [3.05, 3.63) is 162 Å². The van der Waals surface area contributed by atoms with E-state index < -0.39 is 0 Å². The van der Waals surface area contributed by atoms with E-state index in [-0.39, 0.29) is 5.41 Å². The highest BCUT2D eigenvalue weighted by Gasteiger charge is 2.28. The van der Waals surface area contributed by atoms with E-state index in [0.29, 0.717) is 24.4 Å². The molecule has 0 unspecified atom stereocenters. The number of aromatic nitrogens is 4. The molecule has 0 saturated carbocycles. The molecule has 6 aromatic carbocycles. The standard InChI is InChI=1S/C56H55N5O/c1-34(2)37-28-46(35(3)4)54(47(29-37)36(5)6)38-26-40(59-33-60-51-21-15-12-18-48(51)58-55(60)45-17-11-13-19-49(45)59)31-42(27-38)62-41-22-23-44-43-16-10-14-20-50(43)61(52(44)32-41)53-30-39(24-25-57-53)56(7,8)9/h10-32,34-36H,33H2,1-9H3. The van der Waals surface area contributed by atoms with Crippen molar-refractivity contribution >= 4 is 44.2 Å². The van der Waals surface area contributed by atoms with Gasteiger partial charge in [-0.15, -0.1) is 0 Å². The second-order valence-corrected chi connectivity index (χ2v) is 19.0. The number of imidazole rings is 1. The van der Waals surface area contributed by atoms with Crippen LogP contribution in [0.2, 0.25) is 0 Å². The van der Waals surface area contributed by atoms with Crippen LogP contribution in [0.1, 0.15) is 102 Å². The first-order chi connectivity index (χ1) is 29.8. The highest BCUT2D eigenvalue weighted by molar-refractivity contribution is 6.09. The van der Waals surface area contributed by atoms with Crippen LogP contribution in [-0.2, 0) is 12.1 Å². The van der Waals surface area contributed by atoms with Crippen molar-refractivity contribution < 1.29 is 4.74 Å². The Morgan fingerprint density at radius 1 is 0.613 bits per heavy atom. The van der Waals surface area contributed by atoms with Crippen LogP contribution >= 0.6 is 0 Å². The molecule has 0 radical (unpaired) electrons. The average molecular weight is 814 g/mol. The van der Waals surface area contributed by atoms with Gasteiger partial charge in [-0.05, 0) is 123 Å². The lowest BCUT2D eigenvalue weighted by molar-refractivity contribution is 0.483. The van der Waals surface area contributed by atoms with Gasteiger partial charge in [0.1, 0.15) is 29.8 Å². The third kappa shape index (κ3) is 6.73. The lowest BCUT2D eigenvalue weighted by atomic mass is 9.81. The molecule has 0 fully saturated rings. The number of benzene rings is 6. The number of nitrogens with zero attached hydrogens (tertiary/aromatic N) is 5. The maximum absolute atomic E-state index is 7.14. The lowest BCUT2D eigenvalue weighted by Gasteiger charge is -2.33. The number of para-hydroxylation sites is 4. The summed E-state index contributed by atoms with van der Waals surface area (Å²) in [7, 11) is 0. The second-order valence-electron chi connectivity index (χ2n) is 19.0. The molecule has 62 heavy (non-hydrogen) atoms. The summed E-state index contributed by atoms with van der Waals surface area (Å²) in [5, 5.41) is 2.34. The molecule has 0 bridgehead atoms. The van der Waals surface area contributed by atoms with Gasteiger partial charge in [0.15, 0.2) is 0 Å². The summed E-state index contributed by atoms with van der Waals surface area (Å²) in [6.07, 6.45) is 1.93. The molecule has 9 aromatic rings. The van der Waals surface area contributed by atoms with Crippen molar-refractivity contribution in [2.24, 2.45) is 0 Å². The SMILES string of the molecule is CC(C)c1cc(C(C)C)c(-c2cc(Oc3ccc4c5ccccc5n(-c5cc(C(C)(C)C)ccn5)c4c3)cc(N3Cn4c(nc5ccccc54)-c4ccccc43)c2)c(C(C)C)c1. The first-order valence-corrected chi connectivity index (χ1v) is 22.2. The van der Waals surface area contributed by atoms with Crippen LogP contribution in [0.15, 0.2) is 140 Å². The number of hydrogen-bond acceptors (Lipinski definition) is 4. The molecule has 0 N–H and O–H groups in total. The smallest absolute Gasteiger partial charge is 0.144 e. The summed E-state index contributed by atoms with van der Waals surface area (Å²) in [6, 6.07) is 48.3. The fourth-order valence-corrected chi connectivity index (χ4v) is 9.40. The molecular weight excluding hydrogens is 759 g/mol. The van der Waals surface area contributed by atoms with Gasteiger partial charge in [0, 0.05) is 40.4 Å². The van der Waals surface area contributed by atoms with E-state index in [1.165, 1.54) is 33.2 Å². The molecular formula is C56H55N5O. The zero-order chi connectivity index (χ0) is 43.0. The van der Waals surface area contributed by atoms with Crippen LogP contribution in [0, 0.1) is 0 Å². The average Bonchev–Trinajstić information content (AvgIpc) is 3.81. The Morgan fingerprint density at radius 2 is 1.31 bits per heavy atom. The third-order valence-electron chi connectivity index (χ3n) is 12.7. The molecule has 0 amide bonds. The summed E-state index contributed by atoms with van der Waals surface area (Å²) in [4.78, 5) is 12.5. The van der Waals surface area contributed by atoms with Gasteiger partial charge >= 0.3 is 0 Å². The zero-order valence-corrected chi connectivity index (χ0v) is 37.4. The van der Waals surface area contributed by atoms with Crippen LogP contribution < -0.4 is 9.64 Å². The number of anilines is 2. The Labute approximate surface area is 365 Å². The zero-order valence-electron chi connectivity index (χ0n) is 37.4. The number of rotatable bonds is 8. The van der Waals surface area contributed by atoms with Gasteiger partial charge in [0.05, 0.1) is 27.8 Å². The van der Waals surface area contributed by atoms with Gasteiger partial charge in [-0.1, -0.05) is 117 Å². The number of pyridine rings is 1. The molecule has 0 spiro atoms. The quantitative estimate of drug-likeness (QED) is 0.153. The Hall–Kier alpha value is -6.66. The molecule has 1 aliphatic heterocycles. The molecule has 6 heteroatoms. The topological polar surface area (TPSA) is 48.1 Å². The van der Waals surface area contributed by atoms with Gasteiger partial charge < -0.3 is 14.2 Å². The summed E-state index contributed by atoms with van der Waals surface area (Å²) in [6.45, 7) is 21.2. The fraction of sp³-hybridized carbons (Fsp3) is 0.250. The van der Waals surface area contributed by atoms with Crippen LogP contribution in [0.5, 0.6) is 11.5 Å². The Balaban J connectivity index is 1.18. The first kappa shape index (κ1) is 39.5. The highest BCUT2D eigenvalue weighted by atomic mass is 16.5. The minimum Gasteiger partial charge on any atom is -0.457 e. The molecule has 0 aliphatic carbocycles. The van der Waals surface area contributed by atoms with E-state index in [4.69, 9.17) is 14.7 Å². The highest BCUT2D eigenvalue weighted by Crippen LogP contribution is 2.47. The molecule has 4 heterocycles. The van der Waals surface area contributed by atoms with Gasteiger partial charge in [-0.2, -0.15) is 0 Å². The van der Waals surface area contributed by atoms with Crippen molar-refractivity contribution in [1.29, 1.82) is 0 Å². The predicted molar refractivity (Wildman–Crippen MR) is 259 cm³/mol. The van der Waals surface area contributed by atoms with E-state index in [9.17, 15) is 0 Å². The Kier molecular flexibility index (Phi) is 9.58. The maximum atomic E-state index is 7.14. The molecule has 1 aliphatic rings. The van der Waals surface area contributed by atoms with Crippen LogP contribution in [0.25, 0.3) is 61.2 Å². The minimum absolute atomic E-state index is 0.0190. The van der Waals surface area contributed by atoms with Crippen molar-refractivity contribution in [2.45, 2.75) is 92.2 Å². The predicted octanol–water partition coefficient (Wildman–Crippen LogP) is 15.4. The molecule has 6 nitrogen and oxygen atoms in total. The summed E-state index contributed by atoms with van der Waals surface area (Å²) in [5.41, 5.74) is 15.3. The van der Waals surface area contributed by atoms with E-state index in [1.54, 1.807) is 0 Å². The maximum Gasteiger partial charge on any atom is 0.144 e. The minimum atomic E-state index is -0.0190. The van der Waals surface area contributed by atoms with Crippen LogP contribution in [0.3, 0.4) is 0 Å². The van der Waals surface area contributed by atoms with Crippen molar-refractivity contribution in [2.75, 3.05) is 4.90 Å². The van der Waals surface area contributed by atoms with E-state index >= 15 is 0 Å². The summed E-state index contributed by atoms with van der Waals surface area (Å²) < 4.78 is 11.8. The third-order valence-corrected chi connectivity index (χ3v) is 12.7. The van der Waals surface area contributed by atoms with E-state index in [0.717, 1.165) is 73.1 Å². The first-order valence-electron chi connectivity index (χ1n) is 22.2. The van der Waals surface area contributed by atoms with Crippen molar-refractivity contribution in [3.8, 4) is 39.8 Å². The van der Waals surface area contributed by atoms with Gasteiger partial charge in [-0.3, -0.25) is 4.57 Å². The van der Waals surface area contributed by atoms with Gasteiger partial charge in [0.25, 0.3) is 0 Å². The second kappa shape index (κ2) is 15.1. The molecule has 10 rings (SSSR count). The van der Waals surface area contributed by atoms with Gasteiger partial charge in [-0.25, -0.2) is 9.97 Å². The van der Waals surface area contributed by atoms with Gasteiger partial charge in [0.2, 0.25) is 0 Å².